The Kier molecular flexibility index (Phi) is 6.39. The van der Waals surface area contributed by atoms with Crippen molar-refractivity contribution >= 4 is 34.4 Å². The summed E-state index contributed by atoms with van der Waals surface area (Å²) in [6, 6.07) is 9.29. The van der Waals surface area contributed by atoms with Crippen LogP contribution in [0.15, 0.2) is 54.7 Å². The van der Waals surface area contributed by atoms with Crippen LogP contribution in [-0.2, 0) is 11.2 Å². The maximum atomic E-state index is 13.1. The van der Waals surface area contributed by atoms with Crippen molar-refractivity contribution in [1.29, 1.82) is 0 Å². The fourth-order valence-corrected chi connectivity index (χ4v) is 4.22. The monoisotopic (exact) mass is 489 g/mol. The number of primary amides is 1. The number of Topliss-reactive ketones (excluding diaryl/α,β-unsaturated/α-hetero) is 1. The average Bonchev–Trinajstić information content (AvgIpc) is 3.34. The molecule has 0 radical (unpaired) electrons. The number of urea groups is 1. The summed E-state index contributed by atoms with van der Waals surface area (Å²) in [6.07, 6.45) is -3.47. The third-order valence-electron chi connectivity index (χ3n) is 5.67. The number of hydrogen-bond donors (Lipinski definition) is 3. The molecule has 9 nitrogen and oxygen atoms in total. The predicted molar refractivity (Wildman–Crippen MR) is 121 cm³/mol. The van der Waals surface area contributed by atoms with E-state index in [0.29, 0.717) is 22.2 Å². The van der Waals surface area contributed by atoms with Gasteiger partial charge in [0.2, 0.25) is 0 Å². The highest BCUT2D eigenvalue weighted by molar-refractivity contribution is 6.05. The molecule has 3 aromatic rings. The third kappa shape index (κ3) is 5.38. The number of anilines is 1. The van der Waals surface area contributed by atoms with Crippen molar-refractivity contribution in [3.63, 3.8) is 0 Å². The summed E-state index contributed by atoms with van der Waals surface area (Å²) in [6.45, 7) is 0.105. The molecule has 1 aliphatic rings. The number of amides is 3. The molecule has 2 atom stereocenters. The molecule has 184 valence electrons. The Hall–Kier alpha value is -4.06. The Morgan fingerprint density at radius 2 is 1.86 bits per heavy atom. The fourth-order valence-electron chi connectivity index (χ4n) is 4.22. The summed E-state index contributed by atoms with van der Waals surface area (Å²) >= 11 is 0. The molecule has 2 aromatic carbocycles. The van der Waals surface area contributed by atoms with Crippen LogP contribution in [0.2, 0.25) is 0 Å². The van der Waals surface area contributed by atoms with Crippen LogP contribution >= 0.6 is 0 Å². The Morgan fingerprint density at radius 1 is 1.11 bits per heavy atom. The number of ether oxygens (including phenoxy) is 1. The number of nitrogens with zero attached hydrogens (tertiary/aromatic N) is 2. The minimum Gasteiger partial charge on any atom is -0.406 e. The topological polar surface area (TPSA) is 133 Å². The Bertz CT molecular complexity index is 1290. The normalized spacial score (nSPS) is 18.0. The van der Waals surface area contributed by atoms with Gasteiger partial charge in [0.05, 0.1) is 17.2 Å². The maximum absolute atomic E-state index is 13.1. The molecule has 0 bridgehead atoms. The average molecular weight is 489 g/mol. The number of rotatable bonds is 5. The molecular weight excluding hydrogens is 467 g/mol. The molecule has 0 aliphatic carbocycles. The van der Waals surface area contributed by atoms with Crippen LogP contribution in [0.4, 0.5) is 28.4 Å². The second-order valence-electron chi connectivity index (χ2n) is 8.20. The Labute approximate surface area is 197 Å². The number of hydrogen-bond acceptors (Lipinski definition) is 5. The molecule has 2 heterocycles. The third-order valence-corrected chi connectivity index (χ3v) is 5.67. The first-order valence-corrected chi connectivity index (χ1v) is 10.6. The standard InChI is InChI=1S/C23H22F3N5O4/c24-23(25,26)35-15-5-3-4-13(8-15)9-20(32)19-10-14(27)11-31(19)22(34)29-17-12-30(21(28)33)18-7-2-1-6-16(17)18/h1-8,12,14,19H,9-11,27H2,(H2,28,33)(H,29,34)/t14-,19-/m0/s1. The largest absolute Gasteiger partial charge is 0.573 e. The van der Waals surface area contributed by atoms with E-state index in [1.54, 1.807) is 24.3 Å². The zero-order valence-electron chi connectivity index (χ0n) is 18.3. The number of halogens is 3. The molecule has 1 fully saturated rings. The molecule has 5 N–H and O–H groups in total. The minimum atomic E-state index is -4.85. The molecule has 1 aliphatic heterocycles. The number of likely N-dealkylation sites (tertiary alicyclic amines) is 1. The fraction of sp³-hybridized carbons (Fsp3) is 0.261. The van der Waals surface area contributed by atoms with E-state index in [4.69, 9.17) is 11.5 Å². The summed E-state index contributed by atoms with van der Waals surface area (Å²) < 4.78 is 42.6. The number of alkyl halides is 3. The molecule has 1 aromatic heterocycles. The van der Waals surface area contributed by atoms with Crippen LogP contribution in [0.5, 0.6) is 5.75 Å². The molecule has 1 saturated heterocycles. The lowest BCUT2D eigenvalue weighted by atomic mass is 10.0. The highest BCUT2D eigenvalue weighted by Gasteiger charge is 2.38. The van der Waals surface area contributed by atoms with Crippen molar-refractivity contribution in [3.05, 3.63) is 60.3 Å². The van der Waals surface area contributed by atoms with Crippen molar-refractivity contribution in [3.8, 4) is 5.75 Å². The quantitative estimate of drug-likeness (QED) is 0.506. The summed E-state index contributed by atoms with van der Waals surface area (Å²) in [5, 5.41) is 3.29. The number of para-hydroxylation sites is 1. The molecule has 12 heteroatoms. The van der Waals surface area contributed by atoms with E-state index in [1.165, 1.54) is 27.8 Å². The van der Waals surface area contributed by atoms with Crippen molar-refractivity contribution in [1.82, 2.24) is 9.47 Å². The van der Waals surface area contributed by atoms with Gasteiger partial charge in [0, 0.05) is 30.6 Å². The van der Waals surface area contributed by atoms with Crippen LogP contribution in [0.3, 0.4) is 0 Å². The van der Waals surface area contributed by atoms with Crippen molar-refractivity contribution in [2.24, 2.45) is 11.5 Å². The van der Waals surface area contributed by atoms with Crippen molar-refractivity contribution in [2.45, 2.75) is 31.3 Å². The van der Waals surface area contributed by atoms with Gasteiger partial charge >= 0.3 is 18.4 Å². The summed E-state index contributed by atoms with van der Waals surface area (Å²) in [5.41, 5.74) is 12.6. The lowest BCUT2D eigenvalue weighted by Gasteiger charge is -2.24. The highest BCUT2D eigenvalue weighted by Crippen LogP contribution is 2.28. The molecule has 0 saturated carbocycles. The number of fused-ring (bicyclic) bond motifs is 1. The van der Waals surface area contributed by atoms with E-state index in [-0.39, 0.29) is 25.2 Å². The van der Waals surface area contributed by atoms with E-state index in [9.17, 15) is 27.6 Å². The van der Waals surface area contributed by atoms with E-state index in [0.717, 1.165) is 12.1 Å². The van der Waals surface area contributed by atoms with Gasteiger partial charge in [-0.2, -0.15) is 0 Å². The predicted octanol–water partition coefficient (Wildman–Crippen LogP) is 3.21. The number of benzene rings is 2. The summed E-state index contributed by atoms with van der Waals surface area (Å²) in [4.78, 5) is 39.2. The van der Waals surface area contributed by atoms with Crippen LogP contribution < -0.4 is 21.5 Å². The van der Waals surface area contributed by atoms with E-state index in [2.05, 4.69) is 10.1 Å². The van der Waals surface area contributed by atoms with Crippen LogP contribution in [0, 0.1) is 0 Å². The van der Waals surface area contributed by atoms with Crippen molar-refractivity contribution in [2.75, 3.05) is 11.9 Å². The number of carbonyl (C=O) groups is 3. The number of carbonyl (C=O) groups excluding carboxylic acids is 3. The van der Waals surface area contributed by atoms with Gasteiger partial charge in [-0.3, -0.25) is 9.36 Å². The van der Waals surface area contributed by atoms with Gasteiger partial charge in [-0.05, 0) is 30.2 Å². The second-order valence-corrected chi connectivity index (χ2v) is 8.20. The van der Waals surface area contributed by atoms with Crippen LogP contribution in [0.1, 0.15) is 12.0 Å². The zero-order valence-corrected chi connectivity index (χ0v) is 18.3. The minimum absolute atomic E-state index is 0.105. The van der Waals surface area contributed by atoms with Gasteiger partial charge < -0.3 is 26.4 Å². The van der Waals surface area contributed by atoms with Gasteiger partial charge in [-0.1, -0.05) is 30.3 Å². The van der Waals surface area contributed by atoms with Crippen LogP contribution in [0.25, 0.3) is 10.9 Å². The summed E-state index contributed by atoms with van der Waals surface area (Å²) in [7, 11) is 0. The Morgan fingerprint density at radius 3 is 2.57 bits per heavy atom. The van der Waals surface area contributed by atoms with Gasteiger partial charge in [-0.15, -0.1) is 13.2 Å². The lowest BCUT2D eigenvalue weighted by molar-refractivity contribution is -0.274. The molecule has 3 amide bonds. The number of nitrogens with two attached hydrogens (primary N) is 2. The van der Waals surface area contributed by atoms with E-state index in [1.807, 2.05) is 0 Å². The van der Waals surface area contributed by atoms with E-state index >= 15 is 0 Å². The smallest absolute Gasteiger partial charge is 0.406 e. The van der Waals surface area contributed by atoms with Gasteiger partial charge in [0.15, 0.2) is 5.78 Å². The molecule has 0 spiro atoms. The van der Waals surface area contributed by atoms with E-state index < -0.39 is 36.3 Å². The molecule has 35 heavy (non-hydrogen) atoms. The molecule has 4 rings (SSSR count). The number of aromatic nitrogens is 1. The van der Waals surface area contributed by atoms with Crippen molar-refractivity contribution < 1.29 is 32.3 Å². The zero-order chi connectivity index (χ0) is 25.3. The molecule has 0 unspecified atom stereocenters. The SMILES string of the molecule is NC(=O)n1cc(NC(=O)N2C[C@@H](N)C[C@H]2C(=O)Cc2cccc(OC(F)(F)F)c2)c2ccccc21. The highest BCUT2D eigenvalue weighted by atomic mass is 19.4. The maximum Gasteiger partial charge on any atom is 0.573 e. The first-order valence-electron chi connectivity index (χ1n) is 10.6. The summed E-state index contributed by atoms with van der Waals surface area (Å²) in [5.74, 6) is -0.816. The number of nitrogens with one attached hydrogen (secondary N) is 1. The second kappa shape index (κ2) is 9.29. The number of ketones is 1. The van der Waals surface area contributed by atoms with Crippen LogP contribution in [-0.4, -0.2) is 52.3 Å². The molecular formula is C23H22F3N5O4. The Balaban J connectivity index is 1.51. The van der Waals surface area contributed by atoms with Gasteiger partial charge in [0.1, 0.15) is 5.75 Å². The van der Waals surface area contributed by atoms with Gasteiger partial charge in [0.25, 0.3) is 0 Å². The van der Waals surface area contributed by atoms with Gasteiger partial charge in [-0.25, -0.2) is 9.59 Å². The lowest BCUT2D eigenvalue weighted by Crippen LogP contribution is -2.43. The first kappa shape index (κ1) is 24.1. The first-order chi connectivity index (χ1) is 16.5.